The van der Waals surface area contributed by atoms with E-state index in [-0.39, 0.29) is 5.25 Å². The fourth-order valence-corrected chi connectivity index (χ4v) is 5.05. The van der Waals surface area contributed by atoms with Crippen LogP contribution >= 0.6 is 23.5 Å². The Balaban J connectivity index is 2.16. The molecule has 1 aromatic rings. The second-order valence-electron chi connectivity index (χ2n) is 4.58. The van der Waals surface area contributed by atoms with Crippen LogP contribution in [0.1, 0.15) is 25.6 Å². The van der Waals surface area contributed by atoms with Crippen molar-refractivity contribution in [2.45, 2.75) is 35.7 Å². The first-order chi connectivity index (χ1) is 8.54. The first-order valence-electron chi connectivity index (χ1n) is 6.05. The first kappa shape index (κ1) is 14.1. The Kier molecular flexibility index (Phi) is 4.50. The highest BCUT2D eigenvalue weighted by molar-refractivity contribution is 8.07. The molecule has 2 rings (SSSR count). The largest absolute Gasteiger partial charge is 0.493 e. The maximum absolute atomic E-state index is 10.6. The minimum atomic E-state index is -0.528. The number of ether oxygens (including phenoxy) is 1. The van der Waals surface area contributed by atoms with E-state index in [0.717, 1.165) is 11.4 Å². The summed E-state index contributed by atoms with van der Waals surface area (Å²) in [6.07, 6.45) is 1.13. The van der Waals surface area contributed by atoms with Gasteiger partial charge < -0.3 is 9.84 Å². The number of aromatic nitrogens is 2. The molecule has 2 heterocycles. The van der Waals surface area contributed by atoms with Crippen LogP contribution in [0.2, 0.25) is 0 Å². The normalized spacial score (nSPS) is 30.2. The van der Waals surface area contributed by atoms with Gasteiger partial charge in [-0.15, -0.1) is 0 Å². The van der Waals surface area contributed by atoms with Gasteiger partial charge in [0, 0.05) is 28.6 Å². The van der Waals surface area contributed by atoms with Crippen LogP contribution in [0.4, 0.5) is 0 Å². The predicted octanol–water partition coefficient (Wildman–Crippen LogP) is 2.09. The molecular weight excluding hydrogens is 268 g/mol. The number of thioether (sulfide) groups is 2. The van der Waals surface area contributed by atoms with Gasteiger partial charge in [-0.2, -0.15) is 28.6 Å². The Labute approximate surface area is 116 Å². The quantitative estimate of drug-likeness (QED) is 0.923. The monoisotopic (exact) mass is 288 g/mol. The zero-order valence-corrected chi connectivity index (χ0v) is 12.8. The molecule has 1 aromatic heterocycles. The van der Waals surface area contributed by atoms with E-state index in [0.29, 0.717) is 16.2 Å². The fourth-order valence-electron chi connectivity index (χ4n) is 2.07. The highest BCUT2D eigenvalue weighted by Crippen LogP contribution is 2.42. The third-order valence-electron chi connectivity index (χ3n) is 3.38. The van der Waals surface area contributed by atoms with Crippen molar-refractivity contribution < 1.29 is 9.84 Å². The fraction of sp³-hybridized carbons (Fsp3) is 0.750. The Morgan fingerprint density at radius 1 is 1.50 bits per heavy atom. The number of methoxy groups -OCH3 is 1. The molecule has 0 bridgehead atoms. The van der Waals surface area contributed by atoms with Crippen LogP contribution in [0, 0.1) is 0 Å². The second kappa shape index (κ2) is 5.75. The zero-order chi connectivity index (χ0) is 13.3. The summed E-state index contributed by atoms with van der Waals surface area (Å²) < 4.78 is 6.97. The van der Waals surface area contributed by atoms with E-state index in [9.17, 15) is 5.11 Å². The lowest BCUT2D eigenvalue weighted by atomic mass is 10.2. The van der Waals surface area contributed by atoms with Crippen LogP contribution in [0.15, 0.2) is 6.20 Å². The predicted molar refractivity (Wildman–Crippen MR) is 77.5 cm³/mol. The summed E-state index contributed by atoms with van der Waals surface area (Å²) in [6, 6.07) is 0. The molecule has 4 nitrogen and oxygen atoms in total. The Hall–Kier alpha value is -0.330. The molecule has 1 fully saturated rings. The molecular formula is C12H20N2O2S2. The molecule has 1 saturated heterocycles. The third kappa shape index (κ3) is 2.65. The summed E-state index contributed by atoms with van der Waals surface area (Å²) in [5.74, 6) is 1.63. The van der Waals surface area contributed by atoms with Gasteiger partial charge in [-0.3, -0.25) is 4.68 Å². The average Bonchev–Trinajstić information content (AvgIpc) is 2.73. The minimum Gasteiger partial charge on any atom is -0.493 e. The lowest BCUT2D eigenvalue weighted by molar-refractivity contribution is 0.166. The summed E-state index contributed by atoms with van der Waals surface area (Å²) >= 11 is 3.79. The summed E-state index contributed by atoms with van der Waals surface area (Å²) in [6.45, 7) is 4.47. The molecule has 4 unspecified atom stereocenters. The van der Waals surface area contributed by atoms with Gasteiger partial charge in [-0.05, 0) is 0 Å². The van der Waals surface area contributed by atoms with Gasteiger partial charge in [0.2, 0.25) is 0 Å². The van der Waals surface area contributed by atoms with Gasteiger partial charge in [-0.25, -0.2) is 0 Å². The van der Waals surface area contributed by atoms with Gasteiger partial charge in [-0.1, -0.05) is 13.8 Å². The number of hydrogen-bond acceptors (Lipinski definition) is 5. The van der Waals surface area contributed by atoms with E-state index in [4.69, 9.17) is 4.74 Å². The Morgan fingerprint density at radius 2 is 2.22 bits per heavy atom. The maximum Gasteiger partial charge on any atom is 0.162 e. The number of aryl methyl sites for hydroxylation is 1. The SMILES string of the molecule is COc1cnn(C)c1C(O)C1CSC(C)C(C)S1. The van der Waals surface area contributed by atoms with Crippen molar-refractivity contribution in [3.63, 3.8) is 0 Å². The zero-order valence-electron chi connectivity index (χ0n) is 11.2. The molecule has 0 saturated carbocycles. The van der Waals surface area contributed by atoms with Crippen LogP contribution < -0.4 is 4.74 Å². The van der Waals surface area contributed by atoms with Gasteiger partial charge in [0.25, 0.3) is 0 Å². The molecule has 1 N–H and O–H groups in total. The molecule has 4 atom stereocenters. The highest BCUT2D eigenvalue weighted by atomic mass is 32.2. The molecule has 0 amide bonds. The van der Waals surface area contributed by atoms with E-state index in [1.807, 2.05) is 30.6 Å². The topological polar surface area (TPSA) is 47.3 Å². The van der Waals surface area contributed by atoms with E-state index in [2.05, 4.69) is 18.9 Å². The van der Waals surface area contributed by atoms with Crippen LogP contribution in [0.5, 0.6) is 5.75 Å². The molecule has 0 aromatic carbocycles. The van der Waals surface area contributed by atoms with Gasteiger partial charge >= 0.3 is 0 Å². The molecule has 102 valence electrons. The number of rotatable bonds is 3. The van der Waals surface area contributed by atoms with Gasteiger partial charge in [0.1, 0.15) is 11.8 Å². The summed E-state index contributed by atoms with van der Waals surface area (Å²) in [5.41, 5.74) is 0.775. The number of aliphatic hydroxyl groups is 1. The average molecular weight is 288 g/mol. The molecule has 0 aliphatic carbocycles. The molecule has 1 aliphatic heterocycles. The van der Waals surface area contributed by atoms with Crippen molar-refractivity contribution in [1.29, 1.82) is 0 Å². The van der Waals surface area contributed by atoms with Crippen LogP contribution in [0.3, 0.4) is 0 Å². The van der Waals surface area contributed by atoms with Crippen molar-refractivity contribution in [2.75, 3.05) is 12.9 Å². The maximum atomic E-state index is 10.6. The summed E-state index contributed by atoms with van der Waals surface area (Å²) in [5, 5.41) is 16.1. The van der Waals surface area contributed by atoms with Crippen LogP contribution in [-0.4, -0.2) is 43.5 Å². The van der Waals surface area contributed by atoms with Gasteiger partial charge in [0.05, 0.1) is 13.3 Å². The van der Waals surface area contributed by atoms with E-state index in [1.54, 1.807) is 18.0 Å². The van der Waals surface area contributed by atoms with Crippen molar-refractivity contribution in [3.05, 3.63) is 11.9 Å². The number of hydrogen-bond donors (Lipinski definition) is 1. The molecule has 0 spiro atoms. The highest BCUT2D eigenvalue weighted by Gasteiger charge is 2.33. The molecule has 0 radical (unpaired) electrons. The van der Waals surface area contributed by atoms with Crippen LogP contribution in [-0.2, 0) is 7.05 Å². The lowest BCUT2D eigenvalue weighted by Gasteiger charge is -2.33. The van der Waals surface area contributed by atoms with E-state index < -0.39 is 6.10 Å². The Morgan fingerprint density at radius 3 is 2.83 bits per heavy atom. The van der Waals surface area contributed by atoms with Crippen molar-refractivity contribution in [2.24, 2.45) is 7.05 Å². The smallest absolute Gasteiger partial charge is 0.162 e. The number of nitrogens with zero attached hydrogens (tertiary/aromatic N) is 2. The lowest BCUT2D eigenvalue weighted by Crippen LogP contribution is -2.31. The van der Waals surface area contributed by atoms with Crippen molar-refractivity contribution in [1.82, 2.24) is 9.78 Å². The third-order valence-corrected chi connectivity index (χ3v) is 6.86. The second-order valence-corrected chi connectivity index (χ2v) is 7.62. The number of aliphatic hydroxyl groups excluding tert-OH is 1. The first-order valence-corrected chi connectivity index (χ1v) is 8.04. The van der Waals surface area contributed by atoms with Crippen LogP contribution in [0.25, 0.3) is 0 Å². The molecule has 1 aliphatic rings. The van der Waals surface area contributed by atoms with E-state index in [1.165, 1.54) is 0 Å². The summed E-state index contributed by atoms with van der Waals surface area (Å²) in [7, 11) is 3.45. The van der Waals surface area contributed by atoms with Crippen molar-refractivity contribution >= 4 is 23.5 Å². The van der Waals surface area contributed by atoms with Gasteiger partial charge in [0.15, 0.2) is 5.75 Å². The molecule has 6 heteroatoms. The summed E-state index contributed by atoms with van der Waals surface area (Å²) in [4.78, 5) is 0. The Bertz CT molecular complexity index is 411. The van der Waals surface area contributed by atoms with E-state index >= 15 is 0 Å². The standard InChI is InChI=1S/C12H20N2O2S2/c1-7-8(2)18-10(6-17-7)12(15)11-9(16-4)5-13-14(11)3/h5,7-8,10,12,15H,6H2,1-4H3. The van der Waals surface area contributed by atoms with Crippen molar-refractivity contribution in [3.8, 4) is 5.75 Å². The minimum absolute atomic E-state index is 0.200. The molecule has 18 heavy (non-hydrogen) atoms.